The number of ether oxygens (including phenoxy) is 2. The maximum absolute atomic E-state index is 12.9. The van der Waals surface area contributed by atoms with Crippen LogP contribution in [0.15, 0.2) is 77.8 Å². The van der Waals surface area contributed by atoms with E-state index < -0.39 is 0 Å². The van der Waals surface area contributed by atoms with E-state index in [0.29, 0.717) is 10.4 Å². The van der Waals surface area contributed by atoms with Gasteiger partial charge in [0.25, 0.3) is 5.91 Å². The summed E-state index contributed by atoms with van der Waals surface area (Å²) in [7, 11) is 5.24. The minimum atomic E-state index is -0.248. The smallest absolute Gasteiger partial charge is 0.279 e. The first kappa shape index (κ1) is 21.6. The van der Waals surface area contributed by atoms with Crippen molar-refractivity contribution in [2.75, 3.05) is 14.2 Å². The molecule has 0 spiro atoms. The van der Waals surface area contributed by atoms with Gasteiger partial charge in [-0.05, 0) is 78.2 Å². The van der Waals surface area contributed by atoms with Crippen LogP contribution in [0.4, 0.5) is 0 Å². The van der Waals surface area contributed by atoms with Gasteiger partial charge in [0.1, 0.15) is 11.5 Å². The monoisotopic (exact) mass is 444 g/mol. The average Bonchev–Trinajstić information content (AvgIpc) is 3.15. The minimum absolute atomic E-state index is 0.248. The van der Waals surface area contributed by atoms with Crippen LogP contribution in [0.5, 0.6) is 11.5 Å². The van der Waals surface area contributed by atoms with Crippen molar-refractivity contribution < 1.29 is 14.3 Å². The first-order valence-electron chi connectivity index (χ1n) is 10.1. The summed E-state index contributed by atoms with van der Waals surface area (Å²) in [6, 6.07) is 23.3. The van der Waals surface area contributed by atoms with Crippen molar-refractivity contribution in [1.82, 2.24) is 4.57 Å². The van der Waals surface area contributed by atoms with E-state index in [0.717, 1.165) is 38.8 Å². The van der Waals surface area contributed by atoms with E-state index in [-0.39, 0.29) is 5.91 Å². The van der Waals surface area contributed by atoms with E-state index in [2.05, 4.69) is 4.99 Å². The van der Waals surface area contributed by atoms with Gasteiger partial charge in [-0.1, -0.05) is 29.5 Å². The number of carbonyl (C=O) groups excluding carboxylic acids is 1. The molecule has 1 aromatic heterocycles. The molecule has 0 fully saturated rings. The van der Waals surface area contributed by atoms with Crippen molar-refractivity contribution in [1.29, 1.82) is 0 Å². The summed E-state index contributed by atoms with van der Waals surface area (Å²) in [5, 5.41) is 0. The predicted octanol–water partition coefficient (Wildman–Crippen LogP) is 5.49. The molecular weight excluding hydrogens is 420 g/mol. The highest BCUT2D eigenvalue weighted by molar-refractivity contribution is 7.13. The Morgan fingerprint density at radius 1 is 0.844 bits per heavy atom. The molecule has 0 aliphatic carbocycles. The zero-order chi connectivity index (χ0) is 22.7. The second-order valence-electron chi connectivity index (χ2n) is 7.31. The molecule has 0 aliphatic heterocycles. The van der Waals surface area contributed by atoms with Gasteiger partial charge < -0.3 is 14.0 Å². The fourth-order valence-corrected chi connectivity index (χ4v) is 4.67. The summed E-state index contributed by atoms with van der Waals surface area (Å²) >= 11 is 1.49. The lowest BCUT2D eigenvalue weighted by Gasteiger charge is -2.09. The average molecular weight is 445 g/mol. The molecule has 32 heavy (non-hydrogen) atoms. The molecule has 0 aliphatic rings. The SMILES string of the molecule is COc1ccc(-c2sc(=NC(=O)c3ccccc3C)n(C)c2-c2ccc(OC)cc2)cc1. The van der Waals surface area contributed by atoms with E-state index in [9.17, 15) is 4.79 Å². The number of carbonyl (C=O) groups is 1. The lowest BCUT2D eigenvalue weighted by Crippen LogP contribution is -2.14. The predicted molar refractivity (Wildman–Crippen MR) is 128 cm³/mol. The minimum Gasteiger partial charge on any atom is -0.497 e. The number of methoxy groups -OCH3 is 2. The second-order valence-corrected chi connectivity index (χ2v) is 8.29. The zero-order valence-electron chi connectivity index (χ0n) is 18.5. The van der Waals surface area contributed by atoms with Gasteiger partial charge in [0.15, 0.2) is 4.80 Å². The molecule has 162 valence electrons. The third-order valence-corrected chi connectivity index (χ3v) is 6.50. The van der Waals surface area contributed by atoms with Gasteiger partial charge in [-0.2, -0.15) is 4.99 Å². The van der Waals surface area contributed by atoms with Crippen LogP contribution in [0.1, 0.15) is 15.9 Å². The van der Waals surface area contributed by atoms with Crippen LogP contribution in [0, 0.1) is 6.92 Å². The quantitative estimate of drug-likeness (QED) is 0.409. The van der Waals surface area contributed by atoms with Crippen LogP contribution in [0.3, 0.4) is 0 Å². The first-order valence-corrected chi connectivity index (χ1v) is 11.0. The van der Waals surface area contributed by atoms with Gasteiger partial charge in [-0.3, -0.25) is 4.79 Å². The van der Waals surface area contributed by atoms with Crippen LogP contribution in [0.2, 0.25) is 0 Å². The van der Waals surface area contributed by atoms with Gasteiger partial charge in [-0.15, -0.1) is 0 Å². The van der Waals surface area contributed by atoms with E-state index in [1.807, 2.05) is 91.3 Å². The Kier molecular flexibility index (Phi) is 6.23. The Labute approximate surface area is 191 Å². The van der Waals surface area contributed by atoms with Crippen LogP contribution >= 0.6 is 11.3 Å². The van der Waals surface area contributed by atoms with Gasteiger partial charge in [0.05, 0.1) is 24.8 Å². The summed E-state index contributed by atoms with van der Waals surface area (Å²) in [4.78, 5) is 19.1. The summed E-state index contributed by atoms with van der Waals surface area (Å²) < 4.78 is 12.6. The van der Waals surface area contributed by atoms with Gasteiger partial charge >= 0.3 is 0 Å². The Balaban J connectivity index is 1.89. The highest BCUT2D eigenvalue weighted by Gasteiger charge is 2.17. The zero-order valence-corrected chi connectivity index (χ0v) is 19.3. The van der Waals surface area contributed by atoms with Crippen molar-refractivity contribution in [2.24, 2.45) is 12.0 Å². The van der Waals surface area contributed by atoms with Crippen LogP contribution < -0.4 is 14.3 Å². The number of rotatable bonds is 5. The third kappa shape index (κ3) is 4.22. The van der Waals surface area contributed by atoms with Crippen LogP contribution in [0.25, 0.3) is 21.7 Å². The van der Waals surface area contributed by atoms with E-state index >= 15 is 0 Å². The van der Waals surface area contributed by atoms with Crippen molar-refractivity contribution in [3.63, 3.8) is 0 Å². The number of amides is 1. The molecule has 0 N–H and O–H groups in total. The molecule has 0 saturated carbocycles. The molecule has 1 amide bonds. The lowest BCUT2D eigenvalue weighted by atomic mass is 10.1. The lowest BCUT2D eigenvalue weighted by molar-refractivity contribution is 0.0997. The Morgan fingerprint density at radius 3 is 1.97 bits per heavy atom. The molecule has 0 bridgehead atoms. The number of thiazole rings is 1. The number of benzene rings is 3. The van der Waals surface area contributed by atoms with Gasteiger partial charge in [0, 0.05) is 12.6 Å². The third-order valence-electron chi connectivity index (χ3n) is 5.32. The van der Waals surface area contributed by atoms with Crippen molar-refractivity contribution >= 4 is 17.2 Å². The largest absolute Gasteiger partial charge is 0.497 e. The van der Waals surface area contributed by atoms with E-state index in [1.54, 1.807) is 14.2 Å². The summed E-state index contributed by atoms with van der Waals surface area (Å²) in [6.07, 6.45) is 0. The maximum atomic E-state index is 12.9. The number of hydrogen-bond acceptors (Lipinski definition) is 4. The normalized spacial score (nSPS) is 11.4. The Bertz CT molecular complexity index is 1320. The highest BCUT2D eigenvalue weighted by atomic mass is 32.1. The summed E-state index contributed by atoms with van der Waals surface area (Å²) in [5.74, 6) is 1.33. The number of hydrogen-bond donors (Lipinski definition) is 0. The summed E-state index contributed by atoms with van der Waals surface area (Å²) in [6.45, 7) is 1.92. The fraction of sp³-hybridized carbons (Fsp3) is 0.154. The van der Waals surface area contributed by atoms with Crippen molar-refractivity contribution in [3.05, 3.63) is 88.7 Å². The van der Waals surface area contributed by atoms with Crippen LogP contribution in [-0.4, -0.2) is 24.7 Å². The first-order chi connectivity index (χ1) is 15.5. The molecule has 0 atom stereocenters. The molecular formula is C26H24N2O3S. The van der Waals surface area contributed by atoms with Gasteiger partial charge in [0.2, 0.25) is 0 Å². The molecule has 3 aromatic carbocycles. The second kappa shape index (κ2) is 9.24. The molecule has 1 heterocycles. The summed E-state index contributed by atoms with van der Waals surface area (Å²) in [5.41, 5.74) is 4.55. The topological polar surface area (TPSA) is 52.8 Å². The van der Waals surface area contributed by atoms with Gasteiger partial charge in [-0.25, -0.2) is 0 Å². The van der Waals surface area contributed by atoms with Crippen molar-refractivity contribution in [2.45, 2.75) is 6.92 Å². The highest BCUT2D eigenvalue weighted by Crippen LogP contribution is 2.35. The molecule has 0 saturated heterocycles. The number of aromatic nitrogens is 1. The van der Waals surface area contributed by atoms with E-state index in [4.69, 9.17) is 9.47 Å². The molecule has 6 heteroatoms. The Morgan fingerprint density at radius 2 is 1.41 bits per heavy atom. The number of aryl methyl sites for hydroxylation is 1. The van der Waals surface area contributed by atoms with E-state index in [1.165, 1.54) is 11.3 Å². The molecule has 0 radical (unpaired) electrons. The molecule has 5 nitrogen and oxygen atoms in total. The van der Waals surface area contributed by atoms with Crippen LogP contribution in [-0.2, 0) is 7.05 Å². The molecule has 4 rings (SSSR count). The number of nitrogens with zero attached hydrogens (tertiary/aromatic N) is 2. The van der Waals surface area contributed by atoms with Crippen molar-refractivity contribution in [3.8, 4) is 33.2 Å². The fourth-order valence-electron chi connectivity index (χ4n) is 3.53. The standard InChI is InChI=1S/C26H24N2O3S/c1-17-7-5-6-8-22(17)25(29)27-26-28(2)23(18-9-13-20(30-3)14-10-18)24(32-26)19-11-15-21(31-4)16-12-19/h5-16H,1-4H3. The Hall–Kier alpha value is -3.64. The maximum Gasteiger partial charge on any atom is 0.279 e. The molecule has 0 unspecified atom stereocenters. The molecule has 4 aromatic rings.